The zero-order chi connectivity index (χ0) is 18.3. The van der Waals surface area contributed by atoms with E-state index in [-0.39, 0.29) is 17.6 Å². The summed E-state index contributed by atoms with van der Waals surface area (Å²) in [5.41, 5.74) is 4.59. The first-order chi connectivity index (χ1) is 12.6. The first-order valence-electron chi connectivity index (χ1n) is 8.96. The van der Waals surface area contributed by atoms with Gasteiger partial charge in [0, 0.05) is 35.1 Å². The summed E-state index contributed by atoms with van der Waals surface area (Å²) < 4.78 is 0. The van der Waals surface area contributed by atoms with Crippen molar-refractivity contribution >= 4 is 29.0 Å². The Labute approximate surface area is 158 Å². The van der Waals surface area contributed by atoms with E-state index < -0.39 is 0 Å². The van der Waals surface area contributed by atoms with E-state index in [2.05, 4.69) is 0 Å². The molecule has 0 radical (unpaired) electrons. The number of allylic oxidation sites excluding steroid dienone is 2. The van der Waals surface area contributed by atoms with Gasteiger partial charge in [-0.3, -0.25) is 14.5 Å². The van der Waals surface area contributed by atoms with E-state index in [4.69, 9.17) is 11.6 Å². The van der Waals surface area contributed by atoms with Crippen LogP contribution in [0.15, 0.2) is 59.8 Å². The van der Waals surface area contributed by atoms with Gasteiger partial charge < -0.3 is 0 Å². The third kappa shape index (κ3) is 2.86. The van der Waals surface area contributed by atoms with Gasteiger partial charge in [-0.25, -0.2) is 0 Å². The molecule has 4 heteroatoms. The van der Waals surface area contributed by atoms with E-state index in [1.54, 1.807) is 4.90 Å². The SMILES string of the molecule is Cc1ccccc1N1C(=O)CC(c2ccc(Cl)cc2)C2=C1CCCC2=O. The van der Waals surface area contributed by atoms with Crippen LogP contribution in [0.5, 0.6) is 0 Å². The molecule has 0 N–H and O–H groups in total. The molecular formula is C22H20ClNO2. The van der Waals surface area contributed by atoms with Gasteiger partial charge in [0.15, 0.2) is 5.78 Å². The van der Waals surface area contributed by atoms with Gasteiger partial charge in [-0.15, -0.1) is 0 Å². The molecule has 2 aliphatic rings. The van der Waals surface area contributed by atoms with Crippen molar-refractivity contribution in [3.05, 3.63) is 76.0 Å². The number of halogens is 1. The normalized spacial score (nSPS) is 20.4. The lowest BCUT2D eigenvalue weighted by atomic mass is 9.77. The number of amides is 1. The lowest BCUT2D eigenvalue weighted by molar-refractivity contribution is -0.119. The summed E-state index contributed by atoms with van der Waals surface area (Å²) in [5, 5.41) is 0.654. The molecule has 1 aliphatic carbocycles. The number of carbonyl (C=O) groups is 2. The Balaban J connectivity index is 1.87. The number of rotatable bonds is 2. The van der Waals surface area contributed by atoms with Crippen molar-refractivity contribution in [1.82, 2.24) is 0 Å². The Morgan fingerprint density at radius 1 is 1.00 bits per heavy atom. The second-order valence-corrected chi connectivity index (χ2v) is 7.40. The summed E-state index contributed by atoms with van der Waals surface area (Å²) in [4.78, 5) is 27.7. The molecular weight excluding hydrogens is 346 g/mol. The summed E-state index contributed by atoms with van der Waals surface area (Å²) in [7, 11) is 0. The van der Waals surface area contributed by atoms with Crippen LogP contribution in [0.2, 0.25) is 5.02 Å². The first kappa shape index (κ1) is 17.0. The molecule has 1 atom stereocenters. The molecule has 0 saturated heterocycles. The molecule has 1 heterocycles. The van der Waals surface area contributed by atoms with Crippen LogP contribution in [-0.4, -0.2) is 11.7 Å². The highest BCUT2D eigenvalue weighted by atomic mass is 35.5. The monoisotopic (exact) mass is 365 g/mol. The average Bonchev–Trinajstić information content (AvgIpc) is 2.63. The third-order valence-electron chi connectivity index (χ3n) is 5.30. The smallest absolute Gasteiger partial charge is 0.232 e. The molecule has 2 aromatic carbocycles. The minimum Gasteiger partial charge on any atom is -0.294 e. The van der Waals surface area contributed by atoms with Gasteiger partial charge in [0.2, 0.25) is 5.91 Å². The van der Waals surface area contributed by atoms with E-state index in [0.29, 0.717) is 17.9 Å². The van der Waals surface area contributed by atoms with E-state index >= 15 is 0 Å². The molecule has 26 heavy (non-hydrogen) atoms. The molecule has 0 bridgehead atoms. The molecule has 0 aromatic heterocycles. The number of hydrogen-bond acceptors (Lipinski definition) is 2. The van der Waals surface area contributed by atoms with Gasteiger partial charge in [-0.05, 0) is 49.1 Å². The summed E-state index contributed by atoms with van der Waals surface area (Å²) in [5.74, 6) is 0.0350. The van der Waals surface area contributed by atoms with Gasteiger partial charge >= 0.3 is 0 Å². The number of hydrogen-bond donors (Lipinski definition) is 0. The van der Waals surface area contributed by atoms with Crippen molar-refractivity contribution in [3.8, 4) is 0 Å². The molecule has 2 aromatic rings. The Morgan fingerprint density at radius 3 is 2.46 bits per heavy atom. The van der Waals surface area contributed by atoms with E-state index in [9.17, 15) is 9.59 Å². The fourth-order valence-corrected chi connectivity index (χ4v) is 4.19. The predicted molar refractivity (Wildman–Crippen MR) is 103 cm³/mol. The predicted octanol–water partition coefficient (Wildman–Crippen LogP) is 5.18. The van der Waals surface area contributed by atoms with Crippen LogP contribution in [0.3, 0.4) is 0 Å². The Kier molecular flexibility index (Phi) is 4.41. The van der Waals surface area contributed by atoms with Crippen molar-refractivity contribution in [2.24, 2.45) is 0 Å². The molecule has 3 nitrogen and oxygen atoms in total. The highest BCUT2D eigenvalue weighted by Gasteiger charge is 2.39. The molecule has 0 fully saturated rings. The zero-order valence-electron chi connectivity index (χ0n) is 14.7. The van der Waals surface area contributed by atoms with Crippen molar-refractivity contribution < 1.29 is 9.59 Å². The fourth-order valence-electron chi connectivity index (χ4n) is 4.07. The standard InChI is InChI=1S/C22H20ClNO2/c1-14-5-2-3-6-18(14)24-19-7-4-8-20(25)22(19)17(13-21(24)26)15-9-11-16(23)12-10-15/h2-3,5-6,9-12,17H,4,7-8,13H2,1H3. The second kappa shape index (κ2) is 6.73. The van der Waals surface area contributed by atoms with Crippen molar-refractivity contribution in [2.45, 2.75) is 38.5 Å². The third-order valence-corrected chi connectivity index (χ3v) is 5.56. The summed E-state index contributed by atoms with van der Waals surface area (Å²) >= 11 is 6.01. The van der Waals surface area contributed by atoms with Crippen LogP contribution in [0.4, 0.5) is 5.69 Å². The topological polar surface area (TPSA) is 37.4 Å². The largest absolute Gasteiger partial charge is 0.294 e. The molecule has 1 unspecified atom stereocenters. The summed E-state index contributed by atoms with van der Waals surface area (Å²) in [6.45, 7) is 2.00. The maximum atomic E-state index is 13.1. The van der Waals surface area contributed by atoms with Crippen LogP contribution in [0.1, 0.15) is 42.7 Å². The van der Waals surface area contributed by atoms with Crippen molar-refractivity contribution in [1.29, 1.82) is 0 Å². The first-order valence-corrected chi connectivity index (χ1v) is 9.34. The van der Waals surface area contributed by atoms with E-state index in [0.717, 1.165) is 40.9 Å². The number of anilines is 1. The second-order valence-electron chi connectivity index (χ2n) is 6.96. The Morgan fingerprint density at radius 2 is 1.73 bits per heavy atom. The van der Waals surface area contributed by atoms with Gasteiger partial charge in [0.05, 0.1) is 5.69 Å². The summed E-state index contributed by atoms with van der Waals surface area (Å²) in [6.07, 6.45) is 2.41. The number of aryl methyl sites for hydroxylation is 1. The molecule has 0 spiro atoms. The lowest BCUT2D eigenvalue weighted by Gasteiger charge is -2.39. The molecule has 132 valence electrons. The van der Waals surface area contributed by atoms with Gasteiger partial charge in [-0.2, -0.15) is 0 Å². The van der Waals surface area contributed by atoms with Crippen molar-refractivity contribution in [3.63, 3.8) is 0 Å². The molecule has 1 amide bonds. The van der Waals surface area contributed by atoms with Crippen LogP contribution in [-0.2, 0) is 9.59 Å². The molecule has 0 saturated carbocycles. The zero-order valence-corrected chi connectivity index (χ0v) is 15.4. The maximum absolute atomic E-state index is 13.1. The van der Waals surface area contributed by atoms with Crippen LogP contribution in [0.25, 0.3) is 0 Å². The molecule has 4 rings (SSSR count). The van der Waals surface area contributed by atoms with E-state index in [1.807, 2.05) is 55.5 Å². The number of para-hydroxylation sites is 1. The number of ketones is 1. The van der Waals surface area contributed by atoms with Crippen LogP contribution < -0.4 is 4.90 Å². The average molecular weight is 366 g/mol. The van der Waals surface area contributed by atoms with Gasteiger partial charge in [-0.1, -0.05) is 41.9 Å². The van der Waals surface area contributed by atoms with Gasteiger partial charge in [0.25, 0.3) is 0 Å². The highest BCUT2D eigenvalue weighted by molar-refractivity contribution is 6.30. The minimum absolute atomic E-state index is 0.0488. The minimum atomic E-state index is -0.178. The van der Waals surface area contributed by atoms with Crippen molar-refractivity contribution in [2.75, 3.05) is 4.90 Å². The molecule has 1 aliphatic heterocycles. The number of nitrogens with zero attached hydrogens (tertiary/aromatic N) is 1. The number of carbonyl (C=O) groups excluding carboxylic acids is 2. The maximum Gasteiger partial charge on any atom is 0.232 e. The summed E-state index contributed by atoms with van der Waals surface area (Å²) in [6, 6.07) is 15.4. The number of benzene rings is 2. The van der Waals surface area contributed by atoms with Gasteiger partial charge in [0.1, 0.15) is 0 Å². The highest BCUT2D eigenvalue weighted by Crippen LogP contribution is 2.44. The number of Topliss-reactive ketones (excluding diaryl/α,β-unsaturated/α-hetero) is 1. The Bertz CT molecular complexity index is 914. The fraction of sp³-hybridized carbons (Fsp3) is 0.273. The quantitative estimate of drug-likeness (QED) is 0.735. The van der Waals surface area contributed by atoms with Crippen LogP contribution in [0, 0.1) is 6.92 Å². The van der Waals surface area contributed by atoms with Crippen LogP contribution >= 0.6 is 11.6 Å². The Hall–Kier alpha value is -2.39. The lowest BCUT2D eigenvalue weighted by Crippen LogP contribution is -2.40. The van der Waals surface area contributed by atoms with E-state index in [1.165, 1.54) is 0 Å².